The lowest BCUT2D eigenvalue weighted by Gasteiger charge is -2.18. The standard InChI is InChI=1S/C29H36O8/c1-21(9-12-26(15-17-28(31)32)35-19-23-7-5-4-6-8-23)37-29(33)18-16-27(22(2)30)36-20-24-10-13-25(34-3)14-11-24/h4-8,10-11,13-18,21-22,26-27,30H,9,12,19-20H2,1-3H3,(H,31,32)/b17-15+,18-16+/t21-,22-,26-,27-/m1/s1. The van der Waals surface area contributed by atoms with Crippen molar-refractivity contribution in [2.45, 2.75) is 64.3 Å². The number of ether oxygens (including phenoxy) is 4. The zero-order valence-corrected chi connectivity index (χ0v) is 21.5. The average molecular weight is 513 g/mol. The molecule has 0 unspecified atom stereocenters. The van der Waals surface area contributed by atoms with Crippen LogP contribution in [0.25, 0.3) is 0 Å². The van der Waals surface area contributed by atoms with Gasteiger partial charge in [-0.3, -0.25) is 0 Å². The topological polar surface area (TPSA) is 112 Å². The molecule has 8 heteroatoms. The first-order valence-corrected chi connectivity index (χ1v) is 12.1. The van der Waals surface area contributed by atoms with Gasteiger partial charge in [0.2, 0.25) is 0 Å². The van der Waals surface area contributed by atoms with E-state index in [0.29, 0.717) is 19.4 Å². The number of aliphatic carboxylic acids is 1. The Kier molecular flexibility index (Phi) is 13.1. The molecule has 200 valence electrons. The minimum atomic E-state index is -1.06. The fourth-order valence-electron chi connectivity index (χ4n) is 3.34. The summed E-state index contributed by atoms with van der Waals surface area (Å²) >= 11 is 0. The van der Waals surface area contributed by atoms with Crippen LogP contribution in [-0.2, 0) is 37.0 Å². The minimum Gasteiger partial charge on any atom is -0.497 e. The predicted octanol–water partition coefficient (Wildman–Crippen LogP) is 4.46. The van der Waals surface area contributed by atoms with Crippen molar-refractivity contribution >= 4 is 11.9 Å². The highest BCUT2D eigenvalue weighted by molar-refractivity contribution is 5.82. The van der Waals surface area contributed by atoms with Crippen molar-refractivity contribution in [1.29, 1.82) is 0 Å². The van der Waals surface area contributed by atoms with Crippen molar-refractivity contribution in [3.8, 4) is 5.75 Å². The van der Waals surface area contributed by atoms with E-state index in [0.717, 1.165) is 23.0 Å². The molecule has 0 fully saturated rings. The maximum atomic E-state index is 12.3. The normalized spacial score (nSPS) is 14.8. The molecule has 0 spiro atoms. The summed E-state index contributed by atoms with van der Waals surface area (Å²) in [5.74, 6) is -0.881. The van der Waals surface area contributed by atoms with Gasteiger partial charge in [-0.25, -0.2) is 9.59 Å². The largest absolute Gasteiger partial charge is 0.497 e. The summed E-state index contributed by atoms with van der Waals surface area (Å²) in [6, 6.07) is 16.9. The summed E-state index contributed by atoms with van der Waals surface area (Å²) in [6.07, 6.45) is 3.81. The molecule has 0 heterocycles. The molecule has 0 aromatic heterocycles. The third kappa shape index (κ3) is 12.4. The molecule has 0 aliphatic carbocycles. The van der Waals surface area contributed by atoms with Gasteiger partial charge in [-0.1, -0.05) is 42.5 Å². The van der Waals surface area contributed by atoms with Gasteiger partial charge in [-0.2, -0.15) is 0 Å². The number of rotatable bonds is 16. The molecule has 2 aromatic rings. The van der Waals surface area contributed by atoms with E-state index in [1.54, 1.807) is 21.0 Å². The molecule has 4 atom stereocenters. The van der Waals surface area contributed by atoms with Gasteiger partial charge in [-0.15, -0.1) is 0 Å². The highest BCUT2D eigenvalue weighted by atomic mass is 16.5. The van der Waals surface area contributed by atoms with Crippen LogP contribution in [0.2, 0.25) is 0 Å². The number of aliphatic hydroxyl groups excluding tert-OH is 1. The SMILES string of the molecule is COc1ccc(CO[C@H](/C=C/C(=O)O[C@H](C)CC[C@H](/C=C/C(=O)O)OCc2ccccc2)[C@@H](C)O)cc1. The van der Waals surface area contributed by atoms with Crippen molar-refractivity contribution in [3.05, 3.63) is 90.0 Å². The molecule has 0 saturated heterocycles. The van der Waals surface area contributed by atoms with E-state index in [-0.39, 0.29) is 6.61 Å². The first-order valence-electron chi connectivity index (χ1n) is 12.1. The zero-order valence-electron chi connectivity index (χ0n) is 21.5. The number of benzene rings is 2. The molecule has 2 N–H and O–H groups in total. The Balaban J connectivity index is 1.83. The second kappa shape index (κ2) is 16.3. The van der Waals surface area contributed by atoms with Gasteiger partial charge < -0.3 is 29.2 Å². The first kappa shape index (κ1) is 29.8. The lowest BCUT2D eigenvalue weighted by molar-refractivity contribution is -0.142. The van der Waals surface area contributed by atoms with Gasteiger partial charge in [0.25, 0.3) is 0 Å². The maximum absolute atomic E-state index is 12.3. The van der Waals surface area contributed by atoms with Crippen LogP contribution >= 0.6 is 0 Å². The summed E-state index contributed by atoms with van der Waals surface area (Å²) in [7, 11) is 1.59. The van der Waals surface area contributed by atoms with E-state index in [1.165, 1.54) is 18.2 Å². The fourth-order valence-corrected chi connectivity index (χ4v) is 3.34. The quantitative estimate of drug-likeness (QED) is 0.251. The maximum Gasteiger partial charge on any atom is 0.330 e. The summed E-state index contributed by atoms with van der Waals surface area (Å²) in [5, 5.41) is 19.0. The van der Waals surface area contributed by atoms with Gasteiger partial charge >= 0.3 is 11.9 Å². The highest BCUT2D eigenvalue weighted by Gasteiger charge is 2.15. The third-order valence-corrected chi connectivity index (χ3v) is 5.43. The van der Waals surface area contributed by atoms with Crippen LogP contribution in [0.3, 0.4) is 0 Å². The van der Waals surface area contributed by atoms with Crippen LogP contribution in [0, 0.1) is 0 Å². The molecular formula is C29H36O8. The van der Waals surface area contributed by atoms with Gasteiger partial charge in [0.1, 0.15) is 11.9 Å². The summed E-state index contributed by atoms with van der Waals surface area (Å²) in [4.78, 5) is 23.2. The lowest BCUT2D eigenvalue weighted by Crippen LogP contribution is -2.24. The Morgan fingerprint density at radius 1 is 0.865 bits per heavy atom. The number of carbonyl (C=O) groups excluding carboxylic acids is 1. The first-order chi connectivity index (χ1) is 17.8. The third-order valence-electron chi connectivity index (χ3n) is 5.43. The van der Waals surface area contributed by atoms with Crippen LogP contribution in [0.5, 0.6) is 5.75 Å². The summed E-state index contributed by atoms with van der Waals surface area (Å²) in [5.41, 5.74) is 1.87. The van der Waals surface area contributed by atoms with Gasteiger partial charge in [0.15, 0.2) is 0 Å². The Labute approximate surface area is 218 Å². The lowest BCUT2D eigenvalue weighted by atomic mass is 10.1. The fraction of sp³-hybridized carbons (Fsp3) is 0.379. The van der Waals surface area contributed by atoms with Gasteiger partial charge in [0.05, 0.1) is 38.6 Å². The van der Waals surface area contributed by atoms with Crippen LogP contribution in [0.1, 0.15) is 37.8 Å². The number of carboxylic acid groups (broad SMARTS) is 1. The number of methoxy groups -OCH3 is 1. The molecule has 2 aromatic carbocycles. The molecule has 2 rings (SSSR count). The monoisotopic (exact) mass is 512 g/mol. The molecule has 0 radical (unpaired) electrons. The molecule has 0 amide bonds. The molecule has 0 bridgehead atoms. The number of carboxylic acids is 1. The van der Waals surface area contributed by atoms with E-state index in [1.807, 2.05) is 54.6 Å². The Morgan fingerprint density at radius 3 is 2.14 bits per heavy atom. The van der Waals surface area contributed by atoms with E-state index in [2.05, 4.69) is 0 Å². The number of hydrogen-bond donors (Lipinski definition) is 2. The second-order valence-corrected chi connectivity index (χ2v) is 8.58. The summed E-state index contributed by atoms with van der Waals surface area (Å²) in [6.45, 7) is 3.93. The Hall–Kier alpha value is -3.46. The zero-order chi connectivity index (χ0) is 27.0. The molecule has 37 heavy (non-hydrogen) atoms. The smallest absolute Gasteiger partial charge is 0.330 e. The minimum absolute atomic E-state index is 0.254. The number of aliphatic hydroxyl groups is 1. The molecule has 0 saturated carbocycles. The van der Waals surface area contributed by atoms with E-state index >= 15 is 0 Å². The van der Waals surface area contributed by atoms with Crippen molar-refractivity contribution in [3.63, 3.8) is 0 Å². The number of hydrogen-bond acceptors (Lipinski definition) is 7. The summed E-state index contributed by atoms with van der Waals surface area (Å²) < 4.78 is 22.2. The highest BCUT2D eigenvalue weighted by Crippen LogP contribution is 2.15. The van der Waals surface area contributed by atoms with Crippen molar-refractivity contribution in [2.75, 3.05) is 7.11 Å². The van der Waals surface area contributed by atoms with E-state index in [4.69, 9.17) is 24.1 Å². The Morgan fingerprint density at radius 2 is 1.51 bits per heavy atom. The van der Waals surface area contributed by atoms with Crippen LogP contribution in [0.4, 0.5) is 0 Å². The predicted molar refractivity (Wildman–Crippen MR) is 139 cm³/mol. The van der Waals surface area contributed by atoms with Gasteiger partial charge in [-0.05, 0) is 62.1 Å². The van der Waals surface area contributed by atoms with E-state index < -0.39 is 36.4 Å². The van der Waals surface area contributed by atoms with Crippen molar-refractivity contribution in [2.24, 2.45) is 0 Å². The van der Waals surface area contributed by atoms with Crippen LogP contribution in [0.15, 0.2) is 78.9 Å². The Bertz CT molecular complexity index is 998. The van der Waals surface area contributed by atoms with Crippen LogP contribution < -0.4 is 4.74 Å². The van der Waals surface area contributed by atoms with Gasteiger partial charge in [0, 0.05) is 12.2 Å². The van der Waals surface area contributed by atoms with E-state index in [9.17, 15) is 14.7 Å². The number of carbonyl (C=O) groups is 2. The molecule has 0 aliphatic rings. The second-order valence-electron chi connectivity index (χ2n) is 8.58. The van der Waals surface area contributed by atoms with Crippen molar-refractivity contribution < 1.29 is 38.7 Å². The molecular weight excluding hydrogens is 476 g/mol. The van der Waals surface area contributed by atoms with Crippen molar-refractivity contribution in [1.82, 2.24) is 0 Å². The van der Waals surface area contributed by atoms with Crippen LogP contribution in [-0.4, -0.2) is 53.7 Å². The molecule has 8 nitrogen and oxygen atoms in total. The average Bonchev–Trinajstić information content (AvgIpc) is 2.88. The number of esters is 1. The molecule has 0 aliphatic heterocycles.